The van der Waals surface area contributed by atoms with Gasteiger partial charge in [-0.2, -0.15) is 0 Å². The van der Waals surface area contributed by atoms with Crippen molar-refractivity contribution >= 4 is 17.6 Å². The van der Waals surface area contributed by atoms with Crippen LogP contribution in [-0.2, 0) is 4.79 Å². The summed E-state index contributed by atoms with van der Waals surface area (Å²) in [5.74, 6) is 0.643. The van der Waals surface area contributed by atoms with Gasteiger partial charge in [0.2, 0.25) is 0 Å². The van der Waals surface area contributed by atoms with Gasteiger partial charge in [0.1, 0.15) is 11.5 Å². The second-order valence-electron chi connectivity index (χ2n) is 7.08. The minimum absolute atomic E-state index is 0.218. The average molecular weight is 403 g/mol. The van der Waals surface area contributed by atoms with Crippen molar-refractivity contribution in [3.05, 3.63) is 89.5 Å². The van der Waals surface area contributed by atoms with Crippen molar-refractivity contribution in [2.75, 3.05) is 11.9 Å². The number of ether oxygens (including phenoxy) is 2. The molecule has 5 heteroatoms. The van der Waals surface area contributed by atoms with E-state index >= 15 is 0 Å². The molecule has 0 aromatic heterocycles. The molecule has 0 aliphatic carbocycles. The minimum Gasteiger partial charge on any atom is -0.494 e. The Kier molecular flexibility index (Phi) is 7.22. The van der Waals surface area contributed by atoms with Crippen LogP contribution in [0.2, 0.25) is 0 Å². The normalized spacial score (nSPS) is 10.3. The largest absolute Gasteiger partial charge is 0.494 e. The smallest absolute Gasteiger partial charge is 0.311 e. The Morgan fingerprint density at radius 3 is 1.97 bits per heavy atom. The van der Waals surface area contributed by atoms with E-state index in [2.05, 4.69) is 5.32 Å². The van der Waals surface area contributed by atoms with Gasteiger partial charge in [-0.25, -0.2) is 0 Å². The summed E-state index contributed by atoms with van der Waals surface area (Å²) in [6.07, 6.45) is 0.811. The van der Waals surface area contributed by atoms with Crippen LogP contribution in [0.5, 0.6) is 11.5 Å². The molecule has 0 saturated heterocycles. The number of anilines is 1. The minimum atomic E-state index is -0.334. The lowest BCUT2D eigenvalue weighted by molar-refractivity contribution is -0.134. The van der Waals surface area contributed by atoms with E-state index < -0.39 is 0 Å². The molecule has 1 N–H and O–H groups in total. The van der Waals surface area contributed by atoms with Gasteiger partial charge in [-0.1, -0.05) is 35.4 Å². The van der Waals surface area contributed by atoms with Gasteiger partial charge in [0.15, 0.2) is 0 Å². The van der Waals surface area contributed by atoms with E-state index in [0.717, 1.165) is 17.0 Å². The molecular formula is C25H25NO4. The maximum atomic E-state index is 12.3. The molecule has 0 heterocycles. The van der Waals surface area contributed by atoms with Gasteiger partial charge < -0.3 is 14.8 Å². The number of hydrogen-bond donors (Lipinski definition) is 1. The molecule has 0 unspecified atom stereocenters. The monoisotopic (exact) mass is 403 g/mol. The molecule has 0 saturated carbocycles. The first-order valence-corrected chi connectivity index (χ1v) is 9.88. The highest BCUT2D eigenvalue weighted by atomic mass is 16.5. The summed E-state index contributed by atoms with van der Waals surface area (Å²) in [5, 5.41) is 2.84. The fourth-order valence-corrected chi connectivity index (χ4v) is 2.74. The van der Waals surface area contributed by atoms with Gasteiger partial charge >= 0.3 is 5.97 Å². The number of rotatable bonds is 8. The zero-order valence-corrected chi connectivity index (χ0v) is 17.2. The molecule has 154 valence electrons. The fourth-order valence-electron chi connectivity index (χ4n) is 2.74. The highest BCUT2D eigenvalue weighted by Gasteiger charge is 2.09. The van der Waals surface area contributed by atoms with Crippen molar-refractivity contribution in [3.63, 3.8) is 0 Å². The van der Waals surface area contributed by atoms with Crippen LogP contribution in [0, 0.1) is 13.8 Å². The number of carbonyl (C=O) groups is 2. The fraction of sp³-hybridized carbons (Fsp3) is 0.200. The summed E-state index contributed by atoms with van der Waals surface area (Å²) < 4.78 is 10.9. The Hall–Kier alpha value is -3.60. The molecule has 0 aliphatic rings. The molecule has 0 radical (unpaired) electrons. The van der Waals surface area contributed by atoms with Crippen LogP contribution in [0.3, 0.4) is 0 Å². The van der Waals surface area contributed by atoms with Crippen LogP contribution in [0.25, 0.3) is 0 Å². The number of aryl methyl sites for hydroxylation is 2. The van der Waals surface area contributed by atoms with Gasteiger partial charge in [-0.15, -0.1) is 0 Å². The van der Waals surface area contributed by atoms with Crippen LogP contribution in [0.15, 0.2) is 72.8 Å². The van der Waals surface area contributed by atoms with E-state index in [9.17, 15) is 9.59 Å². The zero-order valence-electron chi connectivity index (χ0n) is 17.2. The Morgan fingerprint density at radius 1 is 0.767 bits per heavy atom. The van der Waals surface area contributed by atoms with E-state index in [-0.39, 0.29) is 18.3 Å². The number of amides is 1. The molecule has 0 fully saturated rings. The molecule has 30 heavy (non-hydrogen) atoms. The molecule has 3 aromatic rings. The molecule has 0 bridgehead atoms. The second-order valence-corrected chi connectivity index (χ2v) is 7.08. The number of nitrogens with one attached hydrogen (secondary N) is 1. The summed E-state index contributed by atoms with van der Waals surface area (Å²) in [4.78, 5) is 24.3. The lowest BCUT2D eigenvalue weighted by Crippen LogP contribution is -2.12. The first-order chi connectivity index (χ1) is 14.5. The Bertz CT molecular complexity index is 977. The lowest BCUT2D eigenvalue weighted by Gasteiger charge is -2.08. The van der Waals surface area contributed by atoms with E-state index in [1.54, 1.807) is 24.3 Å². The van der Waals surface area contributed by atoms with Crippen molar-refractivity contribution < 1.29 is 19.1 Å². The highest BCUT2D eigenvalue weighted by molar-refractivity contribution is 6.04. The maximum absolute atomic E-state index is 12.3. The van der Waals surface area contributed by atoms with Gasteiger partial charge in [-0.05, 0) is 68.8 Å². The first kappa shape index (κ1) is 21.1. The molecule has 5 nitrogen and oxygen atoms in total. The van der Waals surface area contributed by atoms with Crippen molar-refractivity contribution in [2.45, 2.75) is 26.7 Å². The first-order valence-electron chi connectivity index (χ1n) is 9.88. The van der Waals surface area contributed by atoms with E-state index in [4.69, 9.17) is 9.47 Å². The molecule has 0 atom stereocenters. The van der Waals surface area contributed by atoms with Crippen LogP contribution >= 0.6 is 0 Å². The molecular weight excluding hydrogens is 378 g/mol. The average Bonchev–Trinajstić information content (AvgIpc) is 2.74. The van der Waals surface area contributed by atoms with Gasteiger partial charge in [0, 0.05) is 17.7 Å². The van der Waals surface area contributed by atoms with Crippen molar-refractivity contribution in [3.8, 4) is 11.5 Å². The quantitative estimate of drug-likeness (QED) is 0.314. The lowest BCUT2D eigenvalue weighted by atomic mass is 10.2. The van der Waals surface area contributed by atoms with Crippen LogP contribution in [0.1, 0.15) is 34.3 Å². The highest BCUT2D eigenvalue weighted by Crippen LogP contribution is 2.16. The predicted octanol–water partition coefficient (Wildman–Crippen LogP) is 5.32. The SMILES string of the molecule is Cc1ccc(NC(=O)c2ccc(OC(=O)CCCOc3ccc(C)cc3)cc2)cc1. The van der Waals surface area contributed by atoms with Crippen LogP contribution in [-0.4, -0.2) is 18.5 Å². The molecule has 3 aromatic carbocycles. The Labute approximate surface area is 176 Å². The van der Waals surface area contributed by atoms with Crippen molar-refractivity contribution in [1.82, 2.24) is 0 Å². The third-order valence-electron chi connectivity index (χ3n) is 4.47. The van der Waals surface area contributed by atoms with E-state index in [1.807, 2.05) is 62.4 Å². The van der Waals surface area contributed by atoms with Crippen molar-refractivity contribution in [1.29, 1.82) is 0 Å². The summed E-state index contributed by atoms with van der Waals surface area (Å²) in [5.41, 5.74) is 3.52. The maximum Gasteiger partial charge on any atom is 0.311 e. The number of hydrogen-bond acceptors (Lipinski definition) is 4. The molecule has 1 amide bonds. The topological polar surface area (TPSA) is 64.6 Å². The van der Waals surface area contributed by atoms with Gasteiger partial charge in [0.25, 0.3) is 5.91 Å². The number of esters is 1. The van der Waals surface area contributed by atoms with Gasteiger partial charge in [0.05, 0.1) is 6.61 Å². The number of benzene rings is 3. The van der Waals surface area contributed by atoms with E-state index in [0.29, 0.717) is 24.3 Å². The Balaban J connectivity index is 1.41. The summed E-state index contributed by atoms with van der Waals surface area (Å²) in [7, 11) is 0. The van der Waals surface area contributed by atoms with Crippen molar-refractivity contribution in [2.24, 2.45) is 0 Å². The second kappa shape index (κ2) is 10.3. The molecule has 0 aliphatic heterocycles. The zero-order chi connectivity index (χ0) is 21.3. The number of carbonyl (C=O) groups excluding carboxylic acids is 2. The van der Waals surface area contributed by atoms with Gasteiger partial charge in [-0.3, -0.25) is 9.59 Å². The Morgan fingerprint density at radius 2 is 1.33 bits per heavy atom. The third kappa shape index (κ3) is 6.48. The summed E-state index contributed by atoms with van der Waals surface area (Å²) in [6, 6.07) is 21.8. The van der Waals surface area contributed by atoms with Crippen LogP contribution in [0.4, 0.5) is 5.69 Å². The van der Waals surface area contributed by atoms with E-state index in [1.165, 1.54) is 5.56 Å². The molecule has 0 spiro atoms. The summed E-state index contributed by atoms with van der Waals surface area (Å²) >= 11 is 0. The molecule has 3 rings (SSSR count). The standard InChI is InChI=1S/C25H25NO4/c1-18-5-11-21(12-6-18)26-25(28)20-9-15-23(16-10-20)30-24(27)4-3-17-29-22-13-7-19(2)8-14-22/h5-16H,3-4,17H2,1-2H3,(H,26,28). The van der Waals surface area contributed by atoms with Crippen LogP contribution < -0.4 is 14.8 Å². The third-order valence-corrected chi connectivity index (χ3v) is 4.47. The predicted molar refractivity (Wildman–Crippen MR) is 117 cm³/mol. The summed E-state index contributed by atoms with van der Waals surface area (Å²) in [6.45, 7) is 4.45.